The molecular formula is C29H41FN2. The number of alkyl halides is 1. The predicted octanol–water partition coefficient (Wildman–Crippen LogP) is 7.84. The van der Waals surface area contributed by atoms with Crippen LogP contribution < -0.4 is 0 Å². The molecular weight excluding hydrogens is 395 g/mol. The molecule has 1 aromatic carbocycles. The second-order valence-electron chi connectivity index (χ2n) is 9.48. The number of terminal acetylenes is 1. The van der Waals surface area contributed by atoms with Gasteiger partial charge in [-0.15, -0.1) is 12.8 Å². The van der Waals surface area contributed by atoms with Crippen molar-refractivity contribution in [3.8, 4) is 12.8 Å². The lowest BCUT2D eigenvalue weighted by Crippen LogP contribution is -2.40. The summed E-state index contributed by atoms with van der Waals surface area (Å²) >= 11 is 0. The number of H-pyrrole nitrogens is 1. The maximum atomic E-state index is 13.0. The lowest BCUT2D eigenvalue weighted by atomic mass is 9.87. The van der Waals surface area contributed by atoms with Crippen LogP contribution >= 0.6 is 0 Å². The second-order valence-corrected chi connectivity index (χ2v) is 9.48. The largest absolute Gasteiger partial charge is 0.354 e. The number of allylic oxidation sites excluding steroid dienone is 4. The number of fused-ring (bicyclic) bond motifs is 1. The van der Waals surface area contributed by atoms with Crippen LogP contribution in [0.1, 0.15) is 89.5 Å². The van der Waals surface area contributed by atoms with Crippen molar-refractivity contribution in [1.29, 1.82) is 0 Å². The summed E-state index contributed by atoms with van der Waals surface area (Å²) < 4.78 is 13.0. The minimum absolute atomic E-state index is 0.0482. The summed E-state index contributed by atoms with van der Waals surface area (Å²) in [4.78, 5) is 6.03. The minimum Gasteiger partial charge on any atom is -0.354 e. The molecule has 1 unspecified atom stereocenters. The maximum Gasteiger partial charge on any atom is 0.105 e. The van der Waals surface area contributed by atoms with Crippen molar-refractivity contribution in [1.82, 2.24) is 9.88 Å². The minimum atomic E-state index is -0.250. The Kier molecular flexibility index (Phi) is 9.79. The fourth-order valence-electron chi connectivity index (χ4n) is 4.85. The SMILES string of the molecule is C#C.CC/C=C(\C=C(C)C)c1[nH]c2ccc(C3CCN(C(C)CF)CC3)cc2c1C(C)C. The molecule has 174 valence electrons. The molecule has 0 saturated carbocycles. The molecule has 2 heterocycles. The molecule has 3 heteroatoms. The van der Waals surface area contributed by atoms with E-state index in [1.165, 1.54) is 38.9 Å². The van der Waals surface area contributed by atoms with E-state index in [1.54, 1.807) is 0 Å². The number of hydrogen-bond acceptors (Lipinski definition) is 1. The fraction of sp³-hybridized carbons (Fsp3) is 0.517. The van der Waals surface area contributed by atoms with E-state index in [1.807, 2.05) is 6.92 Å². The van der Waals surface area contributed by atoms with Gasteiger partial charge >= 0.3 is 0 Å². The van der Waals surface area contributed by atoms with Crippen molar-refractivity contribution in [2.75, 3.05) is 19.8 Å². The zero-order valence-corrected chi connectivity index (χ0v) is 20.8. The fourth-order valence-corrected chi connectivity index (χ4v) is 4.85. The number of piperidine rings is 1. The quantitative estimate of drug-likeness (QED) is 0.346. The third-order valence-electron chi connectivity index (χ3n) is 6.44. The number of rotatable bonds is 7. The molecule has 2 aromatic rings. The average Bonchev–Trinajstić information content (AvgIpc) is 3.18. The summed E-state index contributed by atoms with van der Waals surface area (Å²) in [6, 6.07) is 7.04. The first kappa shape index (κ1) is 25.9. The van der Waals surface area contributed by atoms with E-state index < -0.39 is 0 Å². The normalized spacial score (nSPS) is 16.6. The highest BCUT2D eigenvalue weighted by Gasteiger charge is 2.25. The Balaban J connectivity index is 0.00000176. The van der Waals surface area contributed by atoms with Gasteiger partial charge in [0.25, 0.3) is 0 Å². The van der Waals surface area contributed by atoms with Gasteiger partial charge in [-0.3, -0.25) is 4.90 Å². The first-order valence-corrected chi connectivity index (χ1v) is 12.0. The molecule has 1 aromatic heterocycles. The summed E-state index contributed by atoms with van der Waals surface area (Å²) in [5.74, 6) is 1.02. The first-order chi connectivity index (χ1) is 15.3. The zero-order valence-electron chi connectivity index (χ0n) is 20.8. The maximum absolute atomic E-state index is 13.0. The molecule has 1 saturated heterocycles. The Labute approximate surface area is 195 Å². The molecule has 0 radical (unpaired) electrons. The van der Waals surface area contributed by atoms with E-state index >= 15 is 0 Å². The van der Waals surface area contributed by atoms with Crippen molar-refractivity contribution in [3.05, 3.63) is 52.7 Å². The molecule has 1 aliphatic heterocycles. The van der Waals surface area contributed by atoms with Gasteiger partial charge in [-0.25, -0.2) is 4.39 Å². The third kappa shape index (κ3) is 5.93. The summed E-state index contributed by atoms with van der Waals surface area (Å²) in [5.41, 5.74) is 7.97. The molecule has 0 bridgehead atoms. The van der Waals surface area contributed by atoms with E-state index in [4.69, 9.17) is 0 Å². The molecule has 0 aliphatic carbocycles. The van der Waals surface area contributed by atoms with Crippen molar-refractivity contribution < 1.29 is 4.39 Å². The van der Waals surface area contributed by atoms with Crippen LogP contribution in [0.25, 0.3) is 16.5 Å². The second kappa shape index (κ2) is 12.1. The van der Waals surface area contributed by atoms with E-state index in [0.29, 0.717) is 11.8 Å². The van der Waals surface area contributed by atoms with Gasteiger partial charge in [-0.05, 0) is 93.8 Å². The van der Waals surface area contributed by atoms with Crippen LogP contribution in [-0.2, 0) is 0 Å². The summed E-state index contributed by atoms with van der Waals surface area (Å²) in [5, 5.41) is 1.36. The van der Waals surface area contributed by atoms with E-state index in [0.717, 1.165) is 32.4 Å². The smallest absolute Gasteiger partial charge is 0.105 e. The van der Waals surface area contributed by atoms with Gasteiger partial charge in [0.1, 0.15) is 6.67 Å². The molecule has 1 atom stereocenters. The number of likely N-dealkylation sites (tertiary alicyclic amines) is 1. The van der Waals surface area contributed by atoms with Crippen LogP contribution in [0.4, 0.5) is 4.39 Å². The molecule has 3 rings (SSSR count). The first-order valence-electron chi connectivity index (χ1n) is 12.0. The van der Waals surface area contributed by atoms with E-state index in [9.17, 15) is 4.39 Å². The van der Waals surface area contributed by atoms with Gasteiger partial charge in [-0.1, -0.05) is 44.6 Å². The summed E-state index contributed by atoms with van der Waals surface area (Å²) in [7, 11) is 0. The van der Waals surface area contributed by atoms with Crippen LogP contribution in [-0.4, -0.2) is 35.7 Å². The monoisotopic (exact) mass is 436 g/mol. The van der Waals surface area contributed by atoms with Crippen LogP contribution in [0, 0.1) is 12.8 Å². The third-order valence-corrected chi connectivity index (χ3v) is 6.44. The topological polar surface area (TPSA) is 19.0 Å². The van der Waals surface area contributed by atoms with Gasteiger partial charge in [0.2, 0.25) is 0 Å². The van der Waals surface area contributed by atoms with Crippen LogP contribution in [0.3, 0.4) is 0 Å². The van der Waals surface area contributed by atoms with Crippen molar-refractivity contribution in [2.24, 2.45) is 0 Å². The highest BCUT2D eigenvalue weighted by atomic mass is 19.1. The van der Waals surface area contributed by atoms with Crippen molar-refractivity contribution in [2.45, 2.75) is 78.7 Å². The van der Waals surface area contributed by atoms with Crippen LogP contribution in [0.15, 0.2) is 35.9 Å². The molecule has 0 amide bonds. The van der Waals surface area contributed by atoms with Gasteiger partial charge in [-0.2, -0.15) is 0 Å². The number of benzene rings is 1. The Hall–Kier alpha value is -2.31. The number of aromatic amines is 1. The number of hydrogen-bond donors (Lipinski definition) is 1. The van der Waals surface area contributed by atoms with Crippen LogP contribution in [0.5, 0.6) is 0 Å². The summed E-state index contributed by atoms with van der Waals surface area (Å²) in [6.45, 7) is 14.8. The zero-order chi connectivity index (χ0) is 23.8. The van der Waals surface area contributed by atoms with Gasteiger partial charge in [0, 0.05) is 22.6 Å². The van der Waals surface area contributed by atoms with E-state index in [2.05, 4.69) is 87.7 Å². The summed E-state index contributed by atoms with van der Waals surface area (Å²) in [6.07, 6.45) is 15.9. The molecule has 1 aliphatic rings. The lowest BCUT2D eigenvalue weighted by molar-refractivity contribution is 0.140. The molecule has 0 spiro atoms. The Morgan fingerprint density at radius 3 is 2.38 bits per heavy atom. The molecule has 32 heavy (non-hydrogen) atoms. The Bertz CT molecular complexity index is 948. The van der Waals surface area contributed by atoms with Gasteiger partial charge < -0.3 is 4.98 Å². The highest BCUT2D eigenvalue weighted by molar-refractivity contribution is 5.92. The highest BCUT2D eigenvalue weighted by Crippen LogP contribution is 2.37. The van der Waals surface area contributed by atoms with Crippen molar-refractivity contribution in [3.63, 3.8) is 0 Å². The van der Waals surface area contributed by atoms with Crippen molar-refractivity contribution >= 4 is 16.5 Å². The van der Waals surface area contributed by atoms with Gasteiger partial charge in [0.05, 0.1) is 0 Å². The van der Waals surface area contributed by atoms with E-state index in [-0.39, 0.29) is 12.7 Å². The van der Waals surface area contributed by atoms with Crippen LogP contribution in [0.2, 0.25) is 0 Å². The Morgan fingerprint density at radius 2 is 1.84 bits per heavy atom. The average molecular weight is 437 g/mol. The lowest BCUT2D eigenvalue weighted by Gasteiger charge is -2.35. The molecule has 1 fully saturated rings. The number of nitrogens with one attached hydrogen (secondary N) is 1. The number of nitrogens with zero attached hydrogens (tertiary/aromatic N) is 1. The number of halogens is 1. The Morgan fingerprint density at radius 1 is 1.19 bits per heavy atom. The number of aromatic nitrogens is 1. The standard InChI is InChI=1S/C27H39FN2.C2H2/c1-7-8-23(15-18(2)3)27-26(19(4)5)24-16-22(9-10-25(24)29-27)21-11-13-30(14-12-21)20(6)17-28;1-2/h8-10,15-16,19-21,29H,7,11-14,17H2,1-6H3;1-2H/b23-8+;. The molecule has 1 N–H and O–H groups in total. The van der Waals surface area contributed by atoms with Gasteiger partial charge in [0.15, 0.2) is 0 Å². The molecule has 2 nitrogen and oxygen atoms in total. The predicted molar refractivity (Wildman–Crippen MR) is 139 cm³/mol.